The SMILES string of the molecule is C=CCc1cccc(OCC(O)CNC(C)(C)COc2ccc(NN)nn2)c1.Cl. The molecule has 2 aromatic rings. The molecule has 160 valence electrons. The molecule has 5 N–H and O–H groups in total. The predicted octanol–water partition coefficient (Wildman–Crippen LogP) is 2.10. The number of rotatable bonds is 12. The Morgan fingerprint density at radius 1 is 1.24 bits per heavy atom. The van der Waals surface area contributed by atoms with Gasteiger partial charge in [0, 0.05) is 18.2 Å². The van der Waals surface area contributed by atoms with Crippen molar-refractivity contribution in [2.75, 3.05) is 25.2 Å². The number of allylic oxidation sites excluding steroid dienone is 1. The van der Waals surface area contributed by atoms with E-state index in [9.17, 15) is 5.11 Å². The van der Waals surface area contributed by atoms with Crippen LogP contribution in [-0.2, 0) is 6.42 Å². The van der Waals surface area contributed by atoms with E-state index in [-0.39, 0.29) is 24.6 Å². The Morgan fingerprint density at radius 3 is 2.69 bits per heavy atom. The van der Waals surface area contributed by atoms with E-state index in [0.29, 0.717) is 24.8 Å². The van der Waals surface area contributed by atoms with Crippen LogP contribution in [0, 0.1) is 0 Å². The van der Waals surface area contributed by atoms with Gasteiger partial charge in [0.25, 0.3) is 0 Å². The van der Waals surface area contributed by atoms with Gasteiger partial charge in [0.2, 0.25) is 5.88 Å². The number of aromatic nitrogens is 2. The molecular formula is C20H30ClN5O3. The van der Waals surface area contributed by atoms with E-state index in [1.807, 2.05) is 44.2 Å². The first kappa shape index (κ1) is 24.6. The summed E-state index contributed by atoms with van der Waals surface area (Å²) in [7, 11) is 0. The molecular weight excluding hydrogens is 394 g/mol. The molecule has 0 spiro atoms. The summed E-state index contributed by atoms with van der Waals surface area (Å²) in [6.07, 6.45) is 1.97. The van der Waals surface area contributed by atoms with Gasteiger partial charge < -0.3 is 25.3 Å². The average Bonchev–Trinajstić information content (AvgIpc) is 2.70. The van der Waals surface area contributed by atoms with Crippen LogP contribution in [0.25, 0.3) is 0 Å². The number of benzene rings is 1. The summed E-state index contributed by atoms with van der Waals surface area (Å²) < 4.78 is 11.3. The van der Waals surface area contributed by atoms with Crippen molar-refractivity contribution in [2.24, 2.45) is 5.84 Å². The van der Waals surface area contributed by atoms with E-state index in [1.165, 1.54) is 0 Å². The van der Waals surface area contributed by atoms with Gasteiger partial charge in [-0.25, -0.2) is 5.84 Å². The van der Waals surface area contributed by atoms with Gasteiger partial charge in [-0.1, -0.05) is 18.2 Å². The number of hydrogen-bond acceptors (Lipinski definition) is 8. The lowest BCUT2D eigenvalue weighted by Crippen LogP contribution is -2.48. The van der Waals surface area contributed by atoms with Crippen LogP contribution in [0.1, 0.15) is 19.4 Å². The summed E-state index contributed by atoms with van der Waals surface area (Å²) in [4.78, 5) is 0. The fraction of sp³-hybridized carbons (Fsp3) is 0.400. The van der Waals surface area contributed by atoms with Crippen LogP contribution < -0.4 is 26.1 Å². The van der Waals surface area contributed by atoms with E-state index in [0.717, 1.165) is 17.7 Å². The first-order chi connectivity index (χ1) is 13.4. The summed E-state index contributed by atoms with van der Waals surface area (Å²) in [6, 6.07) is 11.1. The molecule has 29 heavy (non-hydrogen) atoms. The van der Waals surface area contributed by atoms with Crippen molar-refractivity contribution in [3.05, 3.63) is 54.6 Å². The van der Waals surface area contributed by atoms with Crippen LogP contribution in [0.5, 0.6) is 11.6 Å². The molecule has 0 aliphatic carbocycles. The second-order valence-electron chi connectivity index (χ2n) is 7.06. The van der Waals surface area contributed by atoms with E-state index in [1.54, 1.807) is 12.1 Å². The highest BCUT2D eigenvalue weighted by Gasteiger charge is 2.20. The predicted molar refractivity (Wildman–Crippen MR) is 117 cm³/mol. The number of hydrazine groups is 1. The number of anilines is 1. The Bertz CT molecular complexity index is 743. The molecule has 1 aromatic carbocycles. The number of nitrogens with one attached hydrogen (secondary N) is 2. The van der Waals surface area contributed by atoms with Gasteiger partial charge in [-0.3, -0.25) is 0 Å². The number of β-amino-alcohol motifs (C(OH)–C–C–N with tert-alkyl or cyclic N) is 1. The van der Waals surface area contributed by atoms with Crippen molar-refractivity contribution < 1.29 is 14.6 Å². The van der Waals surface area contributed by atoms with Crippen molar-refractivity contribution in [2.45, 2.75) is 31.9 Å². The fourth-order valence-corrected chi connectivity index (χ4v) is 2.35. The Labute approximate surface area is 177 Å². The number of halogens is 1. The Hall–Kier alpha value is -2.39. The highest BCUT2D eigenvalue weighted by molar-refractivity contribution is 5.85. The van der Waals surface area contributed by atoms with Gasteiger partial charge in [-0.2, -0.15) is 0 Å². The second-order valence-corrected chi connectivity index (χ2v) is 7.06. The number of ether oxygens (including phenoxy) is 2. The van der Waals surface area contributed by atoms with Crippen molar-refractivity contribution in [1.29, 1.82) is 0 Å². The second kappa shape index (κ2) is 12.2. The van der Waals surface area contributed by atoms with Crippen LogP contribution >= 0.6 is 12.4 Å². The first-order valence-corrected chi connectivity index (χ1v) is 9.11. The van der Waals surface area contributed by atoms with Gasteiger partial charge in [0.05, 0.1) is 0 Å². The molecule has 1 atom stereocenters. The fourth-order valence-electron chi connectivity index (χ4n) is 2.35. The van der Waals surface area contributed by atoms with Crippen LogP contribution in [-0.4, -0.2) is 46.7 Å². The summed E-state index contributed by atoms with van der Waals surface area (Å²) >= 11 is 0. The summed E-state index contributed by atoms with van der Waals surface area (Å²) in [6.45, 7) is 8.60. The number of nitrogens with zero attached hydrogens (tertiary/aromatic N) is 2. The number of aliphatic hydroxyl groups is 1. The molecule has 0 aliphatic rings. The van der Waals surface area contributed by atoms with Gasteiger partial charge in [-0.05, 0) is 44.0 Å². The summed E-state index contributed by atoms with van der Waals surface area (Å²) in [5.41, 5.74) is 3.15. The topological polar surface area (TPSA) is 115 Å². The molecule has 0 fully saturated rings. The molecule has 0 bridgehead atoms. The summed E-state index contributed by atoms with van der Waals surface area (Å²) in [5, 5.41) is 21.2. The molecule has 0 saturated heterocycles. The minimum Gasteiger partial charge on any atom is -0.491 e. The van der Waals surface area contributed by atoms with Gasteiger partial charge in [0.1, 0.15) is 25.1 Å². The van der Waals surface area contributed by atoms with Gasteiger partial charge in [-0.15, -0.1) is 29.2 Å². The standard InChI is InChI=1S/C20H29N5O3.ClH/c1-4-6-15-7-5-8-17(11-15)27-13-16(26)12-22-20(2,3)14-28-19-10-9-18(23-21)24-25-19;/h4-5,7-11,16,22,26H,1,6,12-14,21H2,2-3H3,(H,23,24);1H. The normalized spacial score (nSPS) is 11.9. The van der Waals surface area contributed by atoms with Crippen molar-refractivity contribution in [3.8, 4) is 11.6 Å². The van der Waals surface area contributed by atoms with Crippen LogP contribution in [0.2, 0.25) is 0 Å². The zero-order valence-electron chi connectivity index (χ0n) is 16.8. The molecule has 0 radical (unpaired) electrons. The van der Waals surface area contributed by atoms with Crippen molar-refractivity contribution in [1.82, 2.24) is 15.5 Å². The highest BCUT2D eigenvalue weighted by Crippen LogP contribution is 2.14. The molecule has 1 unspecified atom stereocenters. The van der Waals surface area contributed by atoms with Gasteiger partial charge in [0.15, 0.2) is 5.82 Å². The smallest absolute Gasteiger partial charge is 0.233 e. The van der Waals surface area contributed by atoms with E-state index in [2.05, 4.69) is 27.5 Å². The number of nitrogens with two attached hydrogens (primary N) is 1. The molecule has 2 rings (SSSR count). The van der Waals surface area contributed by atoms with Crippen LogP contribution in [0.15, 0.2) is 49.1 Å². The monoisotopic (exact) mass is 423 g/mol. The van der Waals surface area contributed by atoms with Crippen LogP contribution in [0.3, 0.4) is 0 Å². The Balaban J connectivity index is 0.00000420. The zero-order chi connectivity index (χ0) is 20.4. The molecule has 0 aliphatic heterocycles. The van der Waals surface area contributed by atoms with Crippen molar-refractivity contribution in [3.63, 3.8) is 0 Å². The average molecular weight is 424 g/mol. The molecule has 8 nitrogen and oxygen atoms in total. The molecule has 9 heteroatoms. The number of hydrogen-bond donors (Lipinski definition) is 4. The third-order valence-electron chi connectivity index (χ3n) is 3.91. The van der Waals surface area contributed by atoms with Crippen molar-refractivity contribution >= 4 is 18.2 Å². The number of nitrogen functional groups attached to an aromatic ring is 1. The lowest BCUT2D eigenvalue weighted by atomic mass is 10.1. The Kier molecular flexibility index (Phi) is 10.4. The quantitative estimate of drug-likeness (QED) is 0.233. The minimum atomic E-state index is -0.656. The maximum absolute atomic E-state index is 10.2. The Morgan fingerprint density at radius 2 is 2.03 bits per heavy atom. The molecule has 0 saturated carbocycles. The molecule has 1 heterocycles. The maximum atomic E-state index is 10.2. The maximum Gasteiger partial charge on any atom is 0.233 e. The third-order valence-corrected chi connectivity index (χ3v) is 3.91. The molecule has 1 aromatic heterocycles. The van der Waals surface area contributed by atoms with Crippen LogP contribution in [0.4, 0.5) is 5.82 Å². The summed E-state index contributed by atoms with van der Waals surface area (Å²) in [5.74, 6) is 6.85. The highest BCUT2D eigenvalue weighted by atomic mass is 35.5. The molecule has 0 amide bonds. The lowest BCUT2D eigenvalue weighted by molar-refractivity contribution is 0.0922. The third kappa shape index (κ3) is 9.10. The first-order valence-electron chi connectivity index (χ1n) is 9.11. The largest absolute Gasteiger partial charge is 0.491 e. The van der Waals surface area contributed by atoms with E-state index >= 15 is 0 Å². The van der Waals surface area contributed by atoms with Gasteiger partial charge >= 0.3 is 0 Å². The lowest BCUT2D eigenvalue weighted by Gasteiger charge is -2.27. The minimum absolute atomic E-state index is 0. The van der Waals surface area contributed by atoms with E-state index < -0.39 is 6.10 Å². The number of aliphatic hydroxyl groups excluding tert-OH is 1. The zero-order valence-corrected chi connectivity index (χ0v) is 17.6. The van der Waals surface area contributed by atoms with E-state index in [4.69, 9.17) is 15.3 Å².